The molecule has 0 unspecified atom stereocenters. The molecule has 5 aromatic rings. The highest BCUT2D eigenvalue weighted by molar-refractivity contribution is 5.97. The number of aromatic nitrogens is 5. The monoisotopic (exact) mass is 593 g/mol. The lowest BCUT2D eigenvalue weighted by atomic mass is 10.1. The minimum absolute atomic E-state index is 0.0892. The van der Waals surface area contributed by atoms with Crippen LogP contribution in [0.5, 0.6) is 0 Å². The van der Waals surface area contributed by atoms with Crippen LogP contribution in [0.2, 0.25) is 0 Å². The van der Waals surface area contributed by atoms with Crippen molar-refractivity contribution in [1.82, 2.24) is 39.8 Å². The Labute approximate surface area is 254 Å². The quantitative estimate of drug-likeness (QED) is 0.260. The van der Waals surface area contributed by atoms with Crippen LogP contribution in [0.15, 0.2) is 59.8 Å². The molecule has 0 spiro atoms. The van der Waals surface area contributed by atoms with Gasteiger partial charge in [0.25, 0.3) is 11.5 Å². The highest BCUT2D eigenvalue weighted by atomic mass is 16.5. The van der Waals surface area contributed by atoms with Gasteiger partial charge in [-0.15, -0.1) is 0 Å². The SMILES string of the molecule is CCN1CCN(Cc2n[nH]c3cc(Nc4nc(-c5cncc(C(=O)N6CCOCC6)c5)cc5cc[nH]c(=O)c45)ccc23)CC1. The lowest BCUT2D eigenvalue weighted by Crippen LogP contribution is -2.45. The number of aromatic amines is 2. The maximum atomic E-state index is 13.1. The van der Waals surface area contributed by atoms with Crippen molar-refractivity contribution >= 4 is 39.1 Å². The Balaban J connectivity index is 1.18. The first-order valence-corrected chi connectivity index (χ1v) is 15.1. The molecule has 7 rings (SSSR count). The van der Waals surface area contributed by atoms with Gasteiger partial charge in [-0.3, -0.25) is 24.6 Å². The fraction of sp³-hybridized carbons (Fsp3) is 0.344. The molecule has 2 fully saturated rings. The highest BCUT2D eigenvalue weighted by Crippen LogP contribution is 2.30. The van der Waals surface area contributed by atoms with Gasteiger partial charge in [0.15, 0.2) is 0 Å². The second-order valence-electron chi connectivity index (χ2n) is 11.3. The molecule has 2 aliphatic rings. The van der Waals surface area contributed by atoms with Crippen molar-refractivity contribution in [2.24, 2.45) is 0 Å². The number of hydrogen-bond donors (Lipinski definition) is 3. The van der Waals surface area contributed by atoms with E-state index >= 15 is 0 Å². The predicted molar refractivity (Wildman–Crippen MR) is 169 cm³/mol. The molecule has 226 valence electrons. The number of carbonyl (C=O) groups excluding carboxylic acids is 1. The fourth-order valence-electron chi connectivity index (χ4n) is 5.99. The summed E-state index contributed by atoms with van der Waals surface area (Å²) in [4.78, 5) is 44.8. The third-order valence-electron chi connectivity index (χ3n) is 8.52. The fourth-order valence-corrected chi connectivity index (χ4v) is 5.99. The molecule has 12 heteroatoms. The van der Waals surface area contributed by atoms with Gasteiger partial charge in [-0.25, -0.2) is 4.98 Å². The molecular weight excluding hydrogens is 558 g/mol. The Morgan fingerprint density at radius 1 is 1.00 bits per heavy atom. The average molecular weight is 594 g/mol. The number of piperazine rings is 1. The maximum Gasteiger partial charge on any atom is 0.259 e. The first kappa shape index (κ1) is 28.1. The first-order valence-electron chi connectivity index (χ1n) is 15.1. The Hall–Kier alpha value is -4.65. The maximum absolute atomic E-state index is 13.1. The van der Waals surface area contributed by atoms with E-state index < -0.39 is 0 Å². The third-order valence-corrected chi connectivity index (χ3v) is 8.52. The van der Waals surface area contributed by atoms with E-state index in [1.165, 1.54) is 0 Å². The third kappa shape index (κ3) is 5.66. The van der Waals surface area contributed by atoms with Gasteiger partial charge >= 0.3 is 0 Å². The van der Waals surface area contributed by atoms with Crippen molar-refractivity contribution in [2.75, 3.05) is 64.3 Å². The molecule has 44 heavy (non-hydrogen) atoms. The smallest absolute Gasteiger partial charge is 0.259 e. The zero-order valence-corrected chi connectivity index (χ0v) is 24.7. The van der Waals surface area contributed by atoms with E-state index in [2.05, 4.69) is 48.3 Å². The number of morpholine rings is 1. The van der Waals surface area contributed by atoms with Gasteiger partial charge in [0.1, 0.15) is 5.82 Å². The van der Waals surface area contributed by atoms with E-state index in [-0.39, 0.29) is 11.5 Å². The van der Waals surface area contributed by atoms with Crippen LogP contribution in [-0.2, 0) is 11.3 Å². The van der Waals surface area contributed by atoms with E-state index in [1.54, 1.807) is 29.6 Å². The van der Waals surface area contributed by atoms with Gasteiger partial charge in [0.2, 0.25) is 0 Å². The summed E-state index contributed by atoms with van der Waals surface area (Å²) >= 11 is 0. The Morgan fingerprint density at radius 3 is 2.64 bits per heavy atom. The number of pyridine rings is 3. The van der Waals surface area contributed by atoms with Crippen LogP contribution in [0, 0.1) is 0 Å². The molecule has 6 heterocycles. The number of anilines is 2. The minimum Gasteiger partial charge on any atom is -0.378 e. The lowest BCUT2D eigenvalue weighted by Gasteiger charge is -2.33. The Bertz CT molecular complexity index is 1870. The van der Waals surface area contributed by atoms with E-state index in [4.69, 9.17) is 9.72 Å². The summed E-state index contributed by atoms with van der Waals surface area (Å²) in [6.45, 7) is 10.5. The van der Waals surface area contributed by atoms with Gasteiger partial charge in [-0.05, 0) is 48.3 Å². The number of ether oxygens (including phenoxy) is 1. The summed E-state index contributed by atoms with van der Waals surface area (Å²) in [7, 11) is 0. The number of amides is 1. The van der Waals surface area contributed by atoms with E-state index in [0.717, 1.165) is 66.9 Å². The highest BCUT2D eigenvalue weighted by Gasteiger charge is 2.21. The number of carbonyl (C=O) groups is 1. The summed E-state index contributed by atoms with van der Waals surface area (Å²) in [6.07, 6.45) is 4.88. The van der Waals surface area contributed by atoms with Crippen molar-refractivity contribution < 1.29 is 9.53 Å². The van der Waals surface area contributed by atoms with Crippen LogP contribution in [0.25, 0.3) is 32.9 Å². The molecule has 12 nitrogen and oxygen atoms in total. The molecule has 0 aliphatic carbocycles. The van der Waals surface area contributed by atoms with Crippen molar-refractivity contribution in [2.45, 2.75) is 13.5 Å². The number of H-pyrrole nitrogens is 2. The van der Waals surface area contributed by atoms with Crippen molar-refractivity contribution in [3.8, 4) is 11.3 Å². The van der Waals surface area contributed by atoms with E-state index in [0.29, 0.717) is 54.3 Å². The van der Waals surface area contributed by atoms with Crippen molar-refractivity contribution in [1.29, 1.82) is 0 Å². The largest absolute Gasteiger partial charge is 0.378 e. The number of nitrogens with zero attached hydrogens (tertiary/aromatic N) is 6. The zero-order chi connectivity index (χ0) is 30.0. The molecule has 3 N–H and O–H groups in total. The van der Waals surface area contributed by atoms with Crippen molar-refractivity contribution in [3.63, 3.8) is 0 Å². The zero-order valence-electron chi connectivity index (χ0n) is 24.7. The predicted octanol–water partition coefficient (Wildman–Crippen LogP) is 3.21. The van der Waals surface area contributed by atoms with Crippen LogP contribution >= 0.6 is 0 Å². The van der Waals surface area contributed by atoms with Gasteiger partial charge in [-0.2, -0.15) is 5.10 Å². The van der Waals surface area contributed by atoms with E-state index in [1.807, 2.05) is 24.3 Å². The van der Waals surface area contributed by atoms with Crippen LogP contribution in [-0.4, -0.2) is 105 Å². The van der Waals surface area contributed by atoms with Crippen LogP contribution < -0.4 is 10.9 Å². The number of benzene rings is 1. The molecule has 1 amide bonds. The lowest BCUT2D eigenvalue weighted by molar-refractivity contribution is 0.0302. The number of rotatable bonds is 7. The van der Waals surface area contributed by atoms with Gasteiger partial charge in [0.05, 0.1) is 41.1 Å². The standard InChI is InChI=1S/C32H35N9O3/c1-2-39-7-9-40(10-8-39)20-28-25-4-3-24(17-27(25)37-38-28)35-30-29-21(5-6-34-31(29)42)16-26(36-30)22-15-23(19-33-18-22)32(43)41-11-13-44-14-12-41/h3-6,15-19H,2,7-14,20H2,1H3,(H,34,42)(H,35,36)(H,37,38). The van der Waals surface area contributed by atoms with Crippen LogP contribution in [0.4, 0.5) is 11.5 Å². The summed E-state index contributed by atoms with van der Waals surface area (Å²) in [5.41, 5.74) is 4.23. The molecule has 0 saturated carbocycles. The molecule has 1 aromatic carbocycles. The first-order chi connectivity index (χ1) is 21.6. The summed E-state index contributed by atoms with van der Waals surface area (Å²) in [5, 5.41) is 13.4. The van der Waals surface area contributed by atoms with Crippen LogP contribution in [0.3, 0.4) is 0 Å². The van der Waals surface area contributed by atoms with Gasteiger partial charge < -0.3 is 24.8 Å². The van der Waals surface area contributed by atoms with Crippen molar-refractivity contribution in [3.05, 3.63) is 76.6 Å². The molecule has 2 saturated heterocycles. The van der Waals surface area contributed by atoms with Gasteiger partial charge in [-0.1, -0.05) is 6.92 Å². The molecule has 0 atom stereocenters. The summed E-state index contributed by atoms with van der Waals surface area (Å²) in [6, 6.07) is 11.5. The number of hydrogen-bond acceptors (Lipinski definition) is 9. The van der Waals surface area contributed by atoms with Gasteiger partial charge in [0, 0.05) is 81.0 Å². The Morgan fingerprint density at radius 2 is 1.82 bits per heavy atom. The minimum atomic E-state index is -0.244. The number of likely N-dealkylation sites (N-methyl/N-ethyl adjacent to an activating group) is 1. The normalized spacial score (nSPS) is 16.5. The second-order valence-corrected chi connectivity index (χ2v) is 11.3. The van der Waals surface area contributed by atoms with Crippen LogP contribution in [0.1, 0.15) is 23.0 Å². The van der Waals surface area contributed by atoms with E-state index in [9.17, 15) is 9.59 Å². The number of fused-ring (bicyclic) bond motifs is 2. The number of nitrogens with one attached hydrogen (secondary N) is 3. The summed E-state index contributed by atoms with van der Waals surface area (Å²) in [5.74, 6) is 0.325. The average Bonchev–Trinajstić information content (AvgIpc) is 3.46. The molecule has 4 aromatic heterocycles. The second kappa shape index (κ2) is 12.2. The molecule has 2 aliphatic heterocycles. The molecular formula is C32H35N9O3. The Kier molecular flexibility index (Phi) is 7.77. The molecule has 0 radical (unpaired) electrons. The summed E-state index contributed by atoms with van der Waals surface area (Å²) < 4.78 is 5.39. The topological polar surface area (TPSA) is 135 Å². The molecule has 0 bridgehead atoms.